The summed E-state index contributed by atoms with van der Waals surface area (Å²) in [5, 5.41) is 2.84. The average molecular weight is 405 g/mol. The normalized spacial score (nSPS) is 11.6. The lowest BCUT2D eigenvalue weighted by Crippen LogP contribution is -2.37. The molecule has 0 saturated carbocycles. The quantitative estimate of drug-likeness (QED) is 0.743. The van der Waals surface area contributed by atoms with Gasteiger partial charge in [0.15, 0.2) is 6.10 Å². The van der Waals surface area contributed by atoms with E-state index < -0.39 is 12.0 Å². The molecule has 2 rings (SSSR count). The molecule has 25 heavy (non-hydrogen) atoms. The fraction of sp³-hybridized carbons (Fsp3) is 0.263. The molecular formula is C19H21BrN2O3. The maximum Gasteiger partial charge on any atom is 0.260 e. The molecule has 0 aliphatic heterocycles. The van der Waals surface area contributed by atoms with E-state index in [4.69, 9.17) is 10.5 Å². The van der Waals surface area contributed by atoms with E-state index in [2.05, 4.69) is 21.2 Å². The summed E-state index contributed by atoms with van der Waals surface area (Å²) in [4.78, 5) is 23.3. The minimum Gasteiger partial charge on any atom is -0.480 e. The summed E-state index contributed by atoms with van der Waals surface area (Å²) < 4.78 is 6.51. The third kappa shape index (κ3) is 5.60. The second-order valence-electron chi connectivity index (χ2n) is 5.80. The summed E-state index contributed by atoms with van der Waals surface area (Å²) in [6.07, 6.45) is -0.00989. The first kappa shape index (κ1) is 19.0. The lowest BCUT2D eigenvalue weighted by molar-refractivity contribution is -0.127. The minimum absolute atomic E-state index is 0.196. The van der Waals surface area contributed by atoms with Crippen molar-refractivity contribution >= 4 is 27.7 Å². The highest BCUT2D eigenvalue weighted by atomic mass is 79.9. The number of halogens is 1. The van der Waals surface area contributed by atoms with E-state index in [1.807, 2.05) is 31.2 Å². The van der Waals surface area contributed by atoms with Crippen LogP contribution in [0.4, 0.5) is 0 Å². The molecule has 0 fully saturated rings. The van der Waals surface area contributed by atoms with Gasteiger partial charge in [0.05, 0.1) is 4.47 Å². The number of primary amides is 1. The van der Waals surface area contributed by atoms with Crippen molar-refractivity contribution in [2.45, 2.75) is 26.4 Å². The molecule has 6 heteroatoms. The topological polar surface area (TPSA) is 81.4 Å². The molecule has 1 unspecified atom stereocenters. The molecule has 0 aliphatic carbocycles. The molecule has 0 heterocycles. The zero-order valence-corrected chi connectivity index (χ0v) is 15.8. The summed E-state index contributed by atoms with van der Waals surface area (Å²) in [6, 6.07) is 12.8. The zero-order valence-electron chi connectivity index (χ0n) is 14.2. The number of carbonyl (C=O) groups is 2. The molecule has 2 aromatic carbocycles. The monoisotopic (exact) mass is 404 g/mol. The Bertz CT molecular complexity index is 777. The molecule has 0 aliphatic rings. The summed E-state index contributed by atoms with van der Waals surface area (Å²) in [6.45, 7) is 4.14. The minimum atomic E-state index is -0.615. The second-order valence-corrected chi connectivity index (χ2v) is 6.65. The Balaban J connectivity index is 1.85. The van der Waals surface area contributed by atoms with Crippen LogP contribution in [-0.2, 0) is 11.2 Å². The van der Waals surface area contributed by atoms with Gasteiger partial charge >= 0.3 is 0 Å². The van der Waals surface area contributed by atoms with Gasteiger partial charge < -0.3 is 15.8 Å². The van der Waals surface area contributed by atoms with Crippen LogP contribution < -0.4 is 15.8 Å². The summed E-state index contributed by atoms with van der Waals surface area (Å²) in [5.74, 6) is -0.0301. The van der Waals surface area contributed by atoms with Gasteiger partial charge in [-0.05, 0) is 71.6 Å². The fourth-order valence-corrected chi connectivity index (χ4v) is 2.89. The van der Waals surface area contributed by atoms with Crippen molar-refractivity contribution in [1.82, 2.24) is 5.32 Å². The number of hydrogen-bond donors (Lipinski definition) is 2. The van der Waals surface area contributed by atoms with E-state index in [1.54, 1.807) is 25.1 Å². The highest BCUT2D eigenvalue weighted by Crippen LogP contribution is 2.26. The smallest absolute Gasteiger partial charge is 0.260 e. The van der Waals surface area contributed by atoms with Gasteiger partial charge in [-0.2, -0.15) is 0 Å². The van der Waals surface area contributed by atoms with Crippen LogP contribution in [0.15, 0.2) is 46.9 Å². The van der Waals surface area contributed by atoms with Crippen LogP contribution in [0.3, 0.4) is 0 Å². The highest BCUT2D eigenvalue weighted by Gasteiger charge is 2.15. The number of hydrogen-bond acceptors (Lipinski definition) is 3. The van der Waals surface area contributed by atoms with Gasteiger partial charge in [0.2, 0.25) is 5.91 Å². The predicted molar refractivity (Wildman–Crippen MR) is 101 cm³/mol. The van der Waals surface area contributed by atoms with Crippen LogP contribution in [-0.4, -0.2) is 24.5 Å². The van der Waals surface area contributed by atoms with Crippen LogP contribution in [0.5, 0.6) is 5.75 Å². The maximum absolute atomic E-state index is 12.2. The van der Waals surface area contributed by atoms with Crippen LogP contribution >= 0.6 is 15.9 Å². The Labute approximate surface area is 155 Å². The van der Waals surface area contributed by atoms with Gasteiger partial charge in [-0.15, -0.1) is 0 Å². The van der Waals surface area contributed by atoms with Crippen molar-refractivity contribution in [2.75, 3.05) is 6.54 Å². The molecule has 132 valence electrons. The molecule has 0 aromatic heterocycles. The zero-order chi connectivity index (χ0) is 18.4. The number of nitrogens with two attached hydrogens (primary N) is 1. The molecule has 0 bridgehead atoms. The van der Waals surface area contributed by atoms with Crippen molar-refractivity contribution in [3.05, 3.63) is 63.6 Å². The summed E-state index contributed by atoms with van der Waals surface area (Å²) in [7, 11) is 0. The van der Waals surface area contributed by atoms with Gasteiger partial charge in [-0.3, -0.25) is 9.59 Å². The molecule has 3 N–H and O–H groups in total. The molecular weight excluding hydrogens is 384 g/mol. The number of ether oxygens (including phenoxy) is 1. The van der Waals surface area contributed by atoms with E-state index in [9.17, 15) is 9.59 Å². The van der Waals surface area contributed by atoms with Gasteiger partial charge in [0, 0.05) is 12.1 Å². The molecule has 2 aromatic rings. The molecule has 5 nitrogen and oxygen atoms in total. The van der Waals surface area contributed by atoms with Crippen molar-refractivity contribution in [3.63, 3.8) is 0 Å². The van der Waals surface area contributed by atoms with Crippen molar-refractivity contribution in [1.29, 1.82) is 0 Å². The van der Waals surface area contributed by atoms with Gasteiger partial charge in [0.25, 0.3) is 5.91 Å². The van der Waals surface area contributed by atoms with Gasteiger partial charge in [0.1, 0.15) is 5.75 Å². The van der Waals surface area contributed by atoms with E-state index in [1.165, 1.54) is 0 Å². The molecule has 0 spiro atoms. The molecule has 1 atom stereocenters. The maximum atomic E-state index is 12.2. The number of benzene rings is 2. The van der Waals surface area contributed by atoms with E-state index >= 15 is 0 Å². The third-order valence-corrected chi connectivity index (χ3v) is 4.30. The lowest BCUT2D eigenvalue weighted by atomic mass is 10.1. The second kappa shape index (κ2) is 8.67. The van der Waals surface area contributed by atoms with Crippen molar-refractivity contribution < 1.29 is 14.3 Å². The molecule has 0 radical (unpaired) electrons. The number of nitrogens with one attached hydrogen (secondary N) is 1. The van der Waals surface area contributed by atoms with Crippen molar-refractivity contribution in [2.24, 2.45) is 5.73 Å². The highest BCUT2D eigenvalue weighted by molar-refractivity contribution is 9.10. The number of aryl methyl sites for hydroxylation is 1. The Hall–Kier alpha value is -2.34. The molecule has 0 saturated heterocycles. The summed E-state index contributed by atoms with van der Waals surface area (Å²) in [5.41, 5.74) is 7.77. The standard InChI is InChI=1S/C19H21BrN2O3/c1-12-6-7-17(16(20)10-12)25-13(2)19(24)22-9-8-14-4-3-5-15(11-14)18(21)23/h3-7,10-11,13H,8-9H2,1-2H3,(H2,21,23)(H,22,24). The van der Waals surface area contributed by atoms with Crippen LogP contribution in [0.2, 0.25) is 0 Å². The number of rotatable bonds is 7. The number of amides is 2. The third-order valence-electron chi connectivity index (χ3n) is 3.68. The first-order valence-corrected chi connectivity index (χ1v) is 8.75. The van der Waals surface area contributed by atoms with E-state index in [0.717, 1.165) is 15.6 Å². The Morgan fingerprint density at radius 1 is 1.24 bits per heavy atom. The number of carbonyl (C=O) groups excluding carboxylic acids is 2. The Morgan fingerprint density at radius 3 is 2.68 bits per heavy atom. The van der Waals surface area contributed by atoms with E-state index in [0.29, 0.717) is 24.3 Å². The Kier molecular flexibility index (Phi) is 6.58. The first-order chi connectivity index (χ1) is 11.9. The average Bonchev–Trinajstić information content (AvgIpc) is 2.57. The van der Waals surface area contributed by atoms with E-state index in [-0.39, 0.29) is 5.91 Å². The molecule has 2 amide bonds. The fourth-order valence-electron chi connectivity index (χ4n) is 2.30. The largest absolute Gasteiger partial charge is 0.480 e. The Morgan fingerprint density at radius 2 is 2.00 bits per heavy atom. The van der Waals surface area contributed by atoms with Crippen LogP contribution in [0.1, 0.15) is 28.4 Å². The van der Waals surface area contributed by atoms with Crippen molar-refractivity contribution in [3.8, 4) is 5.75 Å². The van der Waals surface area contributed by atoms with Gasteiger partial charge in [-0.25, -0.2) is 0 Å². The first-order valence-electron chi connectivity index (χ1n) is 7.96. The van der Waals surface area contributed by atoms with Crippen LogP contribution in [0, 0.1) is 6.92 Å². The van der Waals surface area contributed by atoms with Gasteiger partial charge in [-0.1, -0.05) is 18.2 Å². The summed E-state index contributed by atoms with van der Waals surface area (Å²) >= 11 is 3.43. The SMILES string of the molecule is Cc1ccc(OC(C)C(=O)NCCc2cccc(C(N)=O)c2)c(Br)c1. The van der Waals surface area contributed by atoms with Crippen LogP contribution in [0.25, 0.3) is 0 Å². The lowest BCUT2D eigenvalue weighted by Gasteiger charge is -2.16. The predicted octanol–water partition coefficient (Wildman–Crippen LogP) is 2.98.